The molecule has 1 fully saturated rings. The third kappa shape index (κ3) is 5.64. The monoisotopic (exact) mass is 274 g/mol. The second kappa shape index (κ2) is 9.15. The fourth-order valence-corrected chi connectivity index (χ4v) is 2.95. The van der Waals surface area contributed by atoms with Crippen LogP contribution in [0.15, 0.2) is 24.3 Å². The van der Waals surface area contributed by atoms with E-state index in [0.29, 0.717) is 0 Å². The lowest BCUT2D eigenvalue weighted by molar-refractivity contribution is 0.371. The molecule has 0 aliphatic heterocycles. The molecule has 0 heterocycles. The summed E-state index contributed by atoms with van der Waals surface area (Å²) in [5.74, 6) is 0. The van der Waals surface area contributed by atoms with E-state index in [2.05, 4.69) is 41.8 Å². The molecule has 1 aliphatic rings. The van der Waals surface area contributed by atoms with Gasteiger partial charge in [-0.15, -0.1) is 0 Å². The minimum absolute atomic E-state index is 0.797. The van der Waals surface area contributed by atoms with Crippen molar-refractivity contribution in [2.75, 3.05) is 13.1 Å². The minimum atomic E-state index is 0.797. The van der Waals surface area contributed by atoms with Crippen LogP contribution in [0.3, 0.4) is 0 Å². The van der Waals surface area contributed by atoms with Gasteiger partial charge in [0.15, 0.2) is 0 Å². The van der Waals surface area contributed by atoms with Crippen LogP contribution in [-0.2, 0) is 13.0 Å². The molecule has 1 aromatic rings. The van der Waals surface area contributed by atoms with Gasteiger partial charge in [-0.25, -0.2) is 0 Å². The number of hydrogen-bond acceptors (Lipinski definition) is 2. The largest absolute Gasteiger partial charge is 0.314 e. The predicted molar refractivity (Wildman–Crippen MR) is 87.0 cm³/mol. The van der Waals surface area contributed by atoms with Crippen LogP contribution in [-0.4, -0.2) is 19.1 Å². The predicted octanol–water partition coefficient (Wildman–Crippen LogP) is 3.65. The van der Waals surface area contributed by atoms with Crippen LogP contribution < -0.4 is 10.6 Å². The summed E-state index contributed by atoms with van der Waals surface area (Å²) in [5.41, 5.74) is 2.81. The van der Waals surface area contributed by atoms with Crippen LogP contribution in [0.1, 0.15) is 56.6 Å². The summed E-state index contributed by atoms with van der Waals surface area (Å²) in [5, 5.41) is 7.23. The Hall–Kier alpha value is -0.860. The highest BCUT2D eigenvalue weighted by Crippen LogP contribution is 2.17. The standard InChI is InChI=1S/C18H30N2/c1-2-16-9-11-17(12-10-16)15-19-13-6-14-20-18-7-4-3-5-8-18/h9-12,18-20H,2-8,13-15H2,1H3. The molecule has 2 heteroatoms. The van der Waals surface area contributed by atoms with E-state index in [9.17, 15) is 0 Å². The number of benzene rings is 1. The second-order valence-electron chi connectivity index (χ2n) is 5.99. The average Bonchev–Trinajstić information content (AvgIpc) is 2.52. The van der Waals surface area contributed by atoms with E-state index in [0.717, 1.165) is 32.1 Å². The van der Waals surface area contributed by atoms with Gasteiger partial charge in [-0.3, -0.25) is 0 Å². The van der Waals surface area contributed by atoms with Gasteiger partial charge in [0.1, 0.15) is 0 Å². The van der Waals surface area contributed by atoms with Gasteiger partial charge >= 0.3 is 0 Å². The van der Waals surface area contributed by atoms with E-state index in [-0.39, 0.29) is 0 Å². The molecule has 1 aromatic carbocycles. The molecule has 0 aromatic heterocycles. The molecule has 2 rings (SSSR count). The summed E-state index contributed by atoms with van der Waals surface area (Å²) in [6.07, 6.45) is 9.41. The smallest absolute Gasteiger partial charge is 0.0205 e. The highest BCUT2D eigenvalue weighted by Gasteiger charge is 2.11. The molecule has 2 nitrogen and oxygen atoms in total. The summed E-state index contributed by atoms with van der Waals surface area (Å²) >= 11 is 0. The zero-order chi connectivity index (χ0) is 14.0. The fraction of sp³-hybridized carbons (Fsp3) is 0.667. The first kappa shape index (κ1) is 15.5. The van der Waals surface area contributed by atoms with Crippen molar-refractivity contribution in [3.8, 4) is 0 Å². The van der Waals surface area contributed by atoms with Gasteiger partial charge in [-0.05, 0) is 49.9 Å². The third-order valence-electron chi connectivity index (χ3n) is 4.33. The fourth-order valence-electron chi connectivity index (χ4n) is 2.95. The van der Waals surface area contributed by atoms with Crippen molar-refractivity contribution in [2.24, 2.45) is 0 Å². The number of nitrogens with one attached hydrogen (secondary N) is 2. The summed E-state index contributed by atoms with van der Waals surface area (Å²) in [4.78, 5) is 0. The third-order valence-corrected chi connectivity index (χ3v) is 4.33. The maximum absolute atomic E-state index is 3.70. The minimum Gasteiger partial charge on any atom is -0.314 e. The van der Waals surface area contributed by atoms with Crippen molar-refractivity contribution in [1.82, 2.24) is 10.6 Å². The molecule has 112 valence electrons. The molecule has 0 bridgehead atoms. The topological polar surface area (TPSA) is 24.1 Å². The maximum Gasteiger partial charge on any atom is 0.0205 e. The lowest BCUT2D eigenvalue weighted by atomic mass is 9.95. The van der Waals surface area contributed by atoms with Crippen LogP contribution in [0.5, 0.6) is 0 Å². The van der Waals surface area contributed by atoms with Crippen LogP contribution in [0.25, 0.3) is 0 Å². The Morgan fingerprint density at radius 2 is 1.65 bits per heavy atom. The Bertz CT molecular complexity index is 352. The summed E-state index contributed by atoms with van der Waals surface area (Å²) in [6.45, 7) is 5.46. The van der Waals surface area contributed by atoms with E-state index < -0.39 is 0 Å². The first-order chi connectivity index (χ1) is 9.88. The highest BCUT2D eigenvalue weighted by molar-refractivity contribution is 5.22. The Morgan fingerprint density at radius 1 is 0.950 bits per heavy atom. The van der Waals surface area contributed by atoms with Gasteiger partial charge in [-0.1, -0.05) is 50.5 Å². The first-order valence-electron chi connectivity index (χ1n) is 8.40. The van der Waals surface area contributed by atoms with Crippen LogP contribution in [0.4, 0.5) is 0 Å². The lowest BCUT2D eigenvalue weighted by Crippen LogP contribution is -2.33. The van der Waals surface area contributed by atoms with Crippen molar-refractivity contribution in [3.05, 3.63) is 35.4 Å². The molecule has 0 atom stereocenters. The van der Waals surface area contributed by atoms with Crippen LogP contribution >= 0.6 is 0 Å². The lowest BCUT2D eigenvalue weighted by Gasteiger charge is -2.22. The molecule has 0 unspecified atom stereocenters. The maximum atomic E-state index is 3.70. The molecular weight excluding hydrogens is 244 g/mol. The highest BCUT2D eigenvalue weighted by atomic mass is 14.9. The number of rotatable bonds is 8. The van der Waals surface area contributed by atoms with Crippen LogP contribution in [0, 0.1) is 0 Å². The first-order valence-corrected chi connectivity index (χ1v) is 8.40. The van der Waals surface area contributed by atoms with Gasteiger partial charge in [0.05, 0.1) is 0 Å². The van der Waals surface area contributed by atoms with Crippen molar-refractivity contribution in [1.29, 1.82) is 0 Å². The Kier molecular flexibility index (Phi) is 7.10. The molecule has 1 saturated carbocycles. The van der Waals surface area contributed by atoms with Gasteiger partial charge < -0.3 is 10.6 Å². The molecule has 0 spiro atoms. The van der Waals surface area contributed by atoms with E-state index in [1.54, 1.807) is 0 Å². The molecule has 1 aliphatic carbocycles. The average molecular weight is 274 g/mol. The number of aryl methyl sites for hydroxylation is 1. The van der Waals surface area contributed by atoms with Crippen molar-refractivity contribution in [3.63, 3.8) is 0 Å². The zero-order valence-electron chi connectivity index (χ0n) is 13.0. The summed E-state index contributed by atoms with van der Waals surface area (Å²) in [6, 6.07) is 9.76. The van der Waals surface area contributed by atoms with E-state index in [1.807, 2.05) is 0 Å². The Balaban J connectivity index is 1.50. The molecular formula is C18H30N2. The summed E-state index contributed by atoms with van der Waals surface area (Å²) in [7, 11) is 0. The van der Waals surface area contributed by atoms with Crippen LogP contribution in [0.2, 0.25) is 0 Å². The molecule has 0 amide bonds. The van der Waals surface area contributed by atoms with E-state index >= 15 is 0 Å². The molecule has 0 saturated heterocycles. The van der Waals surface area contributed by atoms with Crippen molar-refractivity contribution >= 4 is 0 Å². The Labute approximate surface area is 124 Å². The summed E-state index contributed by atoms with van der Waals surface area (Å²) < 4.78 is 0. The Morgan fingerprint density at radius 3 is 2.35 bits per heavy atom. The van der Waals surface area contributed by atoms with Gasteiger partial charge in [0.25, 0.3) is 0 Å². The molecule has 0 radical (unpaired) electrons. The van der Waals surface area contributed by atoms with Gasteiger partial charge in [-0.2, -0.15) is 0 Å². The SMILES string of the molecule is CCc1ccc(CNCCCNC2CCCCC2)cc1. The van der Waals surface area contributed by atoms with E-state index in [1.165, 1.54) is 49.7 Å². The zero-order valence-corrected chi connectivity index (χ0v) is 13.0. The quantitative estimate of drug-likeness (QED) is 0.707. The normalized spacial score (nSPS) is 16.4. The number of hydrogen-bond donors (Lipinski definition) is 2. The van der Waals surface area contributed by atoms with Crippen molar-refractivity contribution in [2.45, 2.75) is 64.5 Å². The van der Waals surface area contributed by atoms with Gasteiger partial charge in [0.2, 0.25) is 0 Å². The second-order valence-corrected chi connectivity index (χ2v) is 5.99. The molecule has 20 heavy (non-hydrogen) atoms. The van der Waals surface area contributed by atoms with Gasteiger partial charge in [0, 0.05) is 12.6 Å². The molecule has 2 N–H and O–H groups in total. The van der Waals surface area contributed by atoms with E-state index in [4.69, 9.17) is 0 Å². The van der Waals surface area contributed by atoms with Crippen molar-refractivity contribution < 1.29 is 0 Å².